The van der Waals surface area contributed by atoms with Crippen molar-refractivity contribution in [2.45, 2.75) is 319 Å². The third-order valence-electron chi connectivity index (χ3n) is 15.2. The van der Waals surface area contributed by atoms with Crippen molar-refractivity contribution in [2.24, 2.45) is 0 Å². The topological polar surface area (TPSA) is 228 Å². The lowest BCUT2D eigenvalue weighted by Crippen LogP contribution is -2.65. The number of nitrogens with one attached hydrogen (secondary N) is 1. The maximum Gasteiger partial charge on any atom is 0.220 e. The zero-order valence-electron chi connectivity index (χ0n) is 48.9. The highest BCUT2D eigenvalue weighted by Crippen LogP contribution is 2.30. The molecule has 14 heteroatoms. The fraction of sp³-hybridized carbons (Fsp3) is 0.828. The molecule has 0 saturated carbocycles. The van der Waals surface area contributed by atoms with Crippen LogP contribution in [0.15, 0.2) is 60.8 Å². The lowest BCUT2D eigenvalue weighted by molar-refractivity contribution is -0.359. The molecule has 2 rings (SSSR count). The number of carbonyl (C=O) groups excluding carboxylic acids is 1. The van der Waals surface area contributed by atoms with Gasteiger partial charge in [-0.25, -0.2) is 0 Å². The van der Waals surface area contributed by atoms with Gasteiger partial charge in [-0.2, -0.15) is 0 Å². The Labute approximate surface area is 473 Å². The fourth-order valence-electron chi connectivity index (χ4n) is 10.2. The Balaban J connectivity index is 1.61. The number of aliphatic hydroxyl groups excluding tert-OH is 8. The molecule has 12 unspecified atom stereocenters. The van der Waals surface area contributed by atoms with Gasteiger partial charge in [-0.3, -0.25) is 4.79 Å². The molecule has 78 heavy (non-hydrogen) atoms. The Hall–Kier alpha value is -2.31. The molecule has 0 aromatic rings. The maximum absolute atomic E-state index is 13.3. The van der Waals surface area contributed by atoms with Crippen molar-refractivity contribution < 1.29 is 64.6 Å². The second-order valence-electron chi connectivity index (χ2n) is 22.2. The molecule has 2 fully saturated rings. The first-order chi connectivity index (χ1) is 38.1. The van der Waals surface area contributed by atoms with Gasteiger partial charge in [0.05, 0.1) is 32.0 Å². The van der Waals surface area contributed by atoms with E-state index in [1.165, 1.54) is 135 Å². The summed E-state index contributed by atoms with van der Waals surface area (Å²) in [5.74, 6) is -0.207. The van der Waals surface area contributed by atoms with Crippen molar-refractivity contribution in [2.75, 3.05) is 19.8 Å². The maximum atomic E-state index is 13.3. The number of allylic oxidation sites excluding steroid dienone is 10. The van der Waals surface area contributed by atoms with Crippen LogP contribution in [0.1, 0.15) is 245 Å². The molecule has 9 N–H and O–H groups in total. The lowest BCUT2D eigenvalue weighted by atomic mass is 9.97. The van der Waals surface area contributed by atoms with Crippen LogP contribution < -0.4 is 5.32 Å². The summed E-state index contributed by atoms with van der Waals surface area (Å²) in [6.07, 6.45) is 46.7. The molecule has 2 aliphatic rings. The minimum absolute atomic E-state index is 0.207. The molecule has 0 spiro atoms. The third-order valence-corrected chi connectivity index (χ3v) is 15.2. The van der Waals surface area contributed by atoms with E-state index in [4.69, 9.17) is 18.9 Å². The van der Waals surface area contributed by atoms with Crippen molar-refractivity contribution in [3.8, 4) is 0 Å². The van der Waals surface area contributed by atoms with Gasteiger partial charge in [-0.15, -0.1) is 0 Å². The molecule has 0 bridgehead atoms. The average molecular weight is 1110 g/mol. The molecule has 1 amide bonds. The minimum atomic E-state index is -1.78. The molecule has 0 radical (unpaired) electrons. The Morgan fingerprint density at radius 2 is 0.885 bits per heavy atom. The Bertz CT molecular complexity index is 1540. The molecular formula is C64H115NO13. The molecule has 454 valence electrons. The van der Waals surface area contributed by atoms with Crippen LogP contribution in [0, 0.1) is 0 Å². The summed E-state index contributed by atoms with van der Waals surface area (Å²) in [6, 6.07) is -0.828. The van der Waals surface area contributed by atoms with E-state index in [1.807, 2.05) is 0 Å². The summed E-state index contributed by atoms with van der Waals surface area (Å²) < 4.78 is 22.8. The molecule has 2 aliphatic heterocycles. The van der Waals surface area contributed by atoms with Gasteiger partial charge < -0.3 is 65.1 Å². The standard InChI is InChI=1S/C64H115NO13/c1-3-5-7-9-11-13-15-16-17-18-19-20-21-22-23-24-25-26-27-28-29-30-31-32-33-34-35-36-38-40-42-44-46-48-56(69)65-52(53(68)47-45-43-41-39-37-14-12-10-8-6-4-2)51-75-63-61(74)59(72)62(55(50-67)77-63)78-64-60(73)58(71)57(70)54(49-66)76-64/h5,7,11,13,16-17,19-20,22-23,52-55,57-64,66-68,70-74H,3-4,6,8-10,12,14-15,18,21,24-51H2,1-2H3,(H,65,69)/b7-5-,13-11-,17-16-,20-19-,23-22-. The molecule has 12 atom stereocenters. The molecule has 0 aliphatic carbocycles. The summed E-state index contributed by atoms with van der Waals surface area (Å²) >= 11 is 0. The SMILES string of the molecule is CC/C=C\C/C=C\C/C=C\C/C=C\C/C=C\CCCCCCCCCCCCCCCCCCCC(=O)NC(COC1OC(CO)C(OC2OC(CO)C(O)C(O)C2O)C(O)C1O)C(O)CCCCCCCCCCCCC. The van der Waals surface area contributed by atoms with E-state index >= 15 is 0 Å². The van der Waals surface area contributed by atoms with Crippen molar-refractivity contribution in [3.63, 3.8) is 0 Å². The van der Waals surface area contributed by atoms with Gasteiger partial charge in [0.15, 0.2) is 12.6 Å². The number of ether oxygens (including phenoxy) is 4. The van der Waals surface area contributed by atoms with Gasteiger partial charge >= 0.3 is 0 Å². The van der Waals surface area contributed by atoms with Crippen LogP contribution >= 0.6 is 0 Å². The number of aliphatic hydroxyl groups is 8. The highest BCUT2D eigenvalue weighted by atomic mass is 16.7. The summed E-state index contributed by atoms with van der Waals surface area (Å²) in [6.45, 7) is 2.74. The van der Waals surface area contributed by atoms with Crippen LogP contribution in [0.5, 0.6) is 0 Å². The first-order valence-corrected chi connectivity index (χ1v) is 31.5. The van der Waals surface area contributed by atoms with E-state index in [1.54, 1.807) is 0 Å². The van der Waals surface area contributed by atoms with E-state index in [-0.39, 0.29) is 12.5 Å². The predicted molar refractivity (Wildman–Crippen MR) is 314 cm³/mol. The van der Waals surface area contributed by atoms with Crippen molar-refractivity contribution in [1.29, 1.82) is 0 Å². The smallest absolute Gasteiger partial charge is 0.220 e. The van der Waals surface area contributed by atoms with Crippen molar-refractivity contribution >= 4 is 5.91 Å². The van der Waals surface area contributed by atoms with Crippen LogP contribution in [0.3, 0.4) is 0 Å². The first kappa shape index (κ1) is 71.8. The Morgan fingerprint density at radius 1 is 0.474 bits per heavy atom. The number of unbranched alkanes of at least 4 members (excludes halogenated alkanes) is 27. The Morgan fingerprint density at radius 3 is 1.36 bits per heavy atom. The fourth-order valence-corrected chi connectivity index (χ4v) is 10.2. The second-order valence-corrected chi connectivity index (χ2v) is 22.2. The van der Waals surface area contributed by atoms with Crippen LogP contribution in [-0.4, -0.2) is 140 Å². The summed E-state index contributed by atoms with van der Waals surface area (Å²) in [5, 5.41) is 87.2. The normalized spacial score (nSPS) is 24.9. The van der Waals surface area contributed by atoms with Crippen LogP contribution in [0.4, 0.5) is 0 Å². The summed E-state index contributed by atoms with van der Waals surface area (Å²) in [7, 11) is 0. The lowest BCUT2D eigenvalue weighted by Gasteiger charge is -2.46. The minimum Gasteiger partial charge on any atom is -0.394 e. The van der Waals surface area contributed by atoms with E-state index in [9.17, 15) is 45.6 Å². The molecule has 2 saturated heterocycles. The van der Waals surface area contributed by atoms with Crippen molar-refractivity contribution in [1.82, 2.24) is 5.32 Å². The number of rotatable bonds is 50. The van der Waals surface area contributed by atoms with Gasteiger partial charge in [-0.1, -0.05) is 242 Å². The highest BCUT2D eigenvalue weighted by Gasteiger charge is 2.51. The Kier molecular flexibility index (Phi) is 45.4. The van der Waals surface area contributed by atoms with E-state index in [2.05, 4.69) is 79.9 Å². The predicted octanol–water partition coefficient (Wildman–Crippen LogP) is 11.3. The molecule has 14 nitrogen and oxygen atoms in total. The molecule has 0 aromatic heterocycles. The van der Waals surface area contributed by atoms with Gasteiger partial charge in [0.25, 0.3) is 0 Å². The van der Waals surface area contributed by atoms with E-state index in [0.29, 0.717) is 12.8 Å². The first-order valence-electron chi connectivity index (χ1n) is 31.5. The van der Waals surface area contributed by atoms with Gasteiger partial charge in [0.2, 0.25) is 5.91 Å². The van der Waals surface area contributed by atoms with Crippen LogP contribution in [0.25, 0.3) is 0 Å². The number of hydrogen-bond acceptors (Lipinski definition) is 13. The van der Waals surface area contributed by atoms with Gasteiger partial charge in [0.1, 0.15) is 48.8 Å². The van der Waals surface area contributed by atoms with Crippen molar-refractivity contribution in [3.05, 3.63) is 60.8 Å². The zero-order valence-corrected chi connectivity index (χ0v) is 48.9. The van der Waals surface area contributed by atoms with E-state index < -0.39 is 86.8 Å². The number of hydrogen-bond donors (Lipinski definition) is 9. The van der Waals surface area contributed by atoms with Gasteiger partial charge in [0, 0.05) is 6.42 Å². The zero-order chi connectivity index (χ0) is 56.7. The largest absolute Gasteiger partial charge is 0.394 e. The summed E-state index contributed by atoms with van der Waals surface area (Å²) in [4.78, 5) is 13.3. The average Bonchev–Trinajstić information content (AvgIpc) is 3.47. The summed E-state index contributed by atoms with van der Waals surface area (Å²) in [5.41, 5.74) is 0. The highest BCUT2D eigenvalue weighted by molar-refractivity contribution is 5.76. The third kappa shape index (κ3) is 34.2. The monoisotopic (exact) mass is 1110 g/mol. The van der Waals surface area contributed by atoms with Crippen LogP contribution in [-0.2, 0) is 23.7 Å². The van der Waals surface area contributed by atoms with Crippen LogP contribution in [0.2, 0.25) is 0 Å². The quantitative estimate of drug-likeness (QED) is 0.0204. The van der Waals surface area contributed by atoms with Gasteiger partial charge in [-0.05, 0) is 57.8 Å². The molecule has 2 heterocycles. The molecular weight excluding hydrogens is 991 g/mol. The number of amides is 1. The molecule has 0 aromatic carbocycles. The number of carbonyl (C=O) groups is 1. The van der Waals surface area contributed by atoms with E-state index in [0.717, 1.165) is 83.5 Å². The second kappa shape index (κ2) is 49.3.